The van der Waals surface area contributed by atoms with Crippen LogP contribution in [-0.2, 0) is 11.8 Å². The van der Waals surface area contributed by atoms with Crippen molar-refractivity contribution in [2.75, 3.05) is 31.2 Å². The fourth-order valence-corrected chi connectivity index (χ4v) is 3.08. The summed E-state index contributed by atoms with van der Waals surface area (Å²) in [5, 5.41) is 5.42. The Balaban J connectivity index is 1.85. The first-order valence-corrected chi connectivity index (χ1v) is 8.62. The van der Waals surface area contributed by atoms with E-state index in [1.807, 2.05) is 17.9 Å². The van der Waals surface area contributed by atoms with Crippen LogP contribution in [0.25, 0.3) is 11.0 Å². The van der Waals surface area contributed by atoms with Gasteiger partial charge in [-0.1, -0.05) is 20.8 Å². The lowest BCUT2D eigenvalue weighted by Gasteiger charge is -2.20. The zero-order chi connectivity index (χ0) is 16.4. The average Bonchev–Trinajstić information content (AvgIpc) is 3.14. The second-order valence-corrected chi connectivity index (χ2v) is 6.74. The van der Waals surface area contributed by atoms with E-state index in [-0.39, 0.29) is 0 Å². The summed E-state index contributed by atoms with van der Waals surface area (Å²) >= 11 is 0. The number of aryl methyl sites for hydroxylation is 1. The molecule has 0 saturated carbocycles. The molecule has 23 heavy (non-hydrogen) atoms. The number of fused-ring (bicyclic) bond motifs is 1. The van der Waals surface area contributed by atoms with Gasteiger partial charge in [0.25, 0.3) is 0 Å². The topological polar surface area (TPSA) is 56.1 Å². The molecule has 0 radical (unpaired) electrons. The van der Waals surface area contributed by atoms with Gasteiger partial charge in [-0.2, -0.15) is 5.10 Å². The number of anilines is 1. The summed E-state index contributed by atoms with van der Waals surface area (Å²) in [5.41, 5.74) is 0.921. The molecule has 1 aliphatic rings. The summed E-state index contributed by atoms with van der Waals surface area (Å²) in [6, 6.07) is 0. The second-order valence-electron chi connectivity index (χ2n) is 6.74. The fraction of sp³-hybridized carbons (Fsp3) is 0.706. The number of nitrogens with zero attached hydrogens (tertiary/aromatic N) is 5. The van der Waals surface area contributed by atoms with Crippen molar-refractivity contribution in [3.05, 3.63) is 12.0 Å². The Labute approximate surface area is 137 Å². The van der Waals surface area contributed by atoms with E-state index in [2.05, 4.69) is 35.8 Å². The predicted molar refractivity (Wildman–Crippen MR) is 91.8 cm³/mol. The smallest absolute Gasteiger partial charge is 0.163 e. The summed E-state index contributed by atoms with van der Waals surface area (Å²) in [6.45, 7) is 10.1. The third kappa shape index (κ3) is 3.32. The number of aromatic nitrogens is 4. The van der Waals surface area contributed by atoms with E-state index in [1.54, 1.807) is 0 Å². The minimum Gasteiger partial charge on any atom is -0.381 e. The Morgan fingerprint density at radius 1 is 1.35 bits per heavy atom. The molecule has 1 fully saturated rings. The summed E-state index contributed by atoms with van der Waals surface area (Å²) in [4.78, 5) is 11.9. The van der Waals surface area contributed by atoms with Crippen LogP contribution in [0.4, 0.5) is 5.82 Å². The third-order valence-electron chi connectivity index (χ3n) is 4.39. The minimum absolute atomic E-state index is 0.305. The number of hydrogen-bond donors (Lipinski definition) is 0. The molecule has 0 spiro atoms. The van der Waals surface area contributed by atoms with Crippen LogP contribution < -0.4 is 4.90 Å². The first-order chi connectivity index (χ1) is 11.1. The van der Waals surface area contributed by atoms with Gasteiger partial charge < -0.3 is 9.64 Å². The van der Waals surface area contributed by atoms with Gasteiger partial charge in [0.05, 0.1) is 18.2 Å². The maximum Gasteiger partial charge on any atom is 0.163 e. The molecular weight excluding hydrogens is 290 g/mol. The summed E-state index contributed by atoms with van der Waals surface area (Å²) < 4.78 is 7.57. The summed E-state index contributed by atoms with van der Waals surface area (Å²) in [7, 11) is 1.94. The van der Waals surface area contributed by atoms with E-state index < -0.39 is 0 Å². The van der Waals surface area contributed by atoms with Crippen LogP contribution in [0.15, 0.2) is 6.20 Å². The third-order valence-corrected chi connectivity index (χ3v) is 4.39. The zero-order valence-corrected chi connectivity index (χ0v) is 14.6. The standard InChI is InChI=1S/C17H27N5O/c1-5-8-23-11-13-6-7-22(10-13)17-14-9-18-21(4)16(14)19-15(20-17)12(2)3/h9,12-13H,5-8,10-11H2,1-4H3. The van der Waals surface area contributed by atoms with Crippen molar-refractivity contribution in [1.82, 2.24) is 19.7 Å². The monoisotopic (exact) mass is 317 g/mol. The quantitative estimate of drug-likeness (QED) is 0.767. The summed E-state index contributed by atoms with van der Waals surface area (Å²) in [6.07, 6.45) is 4.12. The lowest BCUT2D eigenvalue weighted by molar-refractivity contribution is 0.106. The van der Waals surface area contributed by atoms with Gasteiger partial charge in [-0.25, -0.2) is 9.97 Å². The van der Waals surface area contributed by atoms with Crippen molar-refractivity contribution in [3.8, 4) is 0 Å². The Hall–Kier alpha value is -1.69. The molecule has 1 atom stereocenters. The van der Waals surface area contributed by atoms with Crippen molar-refractivity contribution >= 4 is 16.9 Å². The summed E-state index contributed by atoms with van der Waals surface area (Å²) in [5.74, 6) is 2.82. The zero-order valence-electron chi connectivity index (χ0n) is 14.6. The Morgan fingerprint density at radius 2 is 2.17 bits per heavy atom. The second kappa shape index (κ2) is 6.83. The van der Waals surface area contributed by atoms with E-state index in [4.69, 9.17) is 9.72 Å². The molecule has 0 aromatic carbocycles. The molecule has 1 unspecified atom stereocenters. The maximum absolute atomic E-state index is 5.73. The van der Waals surface area contributed by atoms with Crippen molar-refractivity contribution in [2.24, 2.45) is 13.0 Å². The molecule has 2 aromatic heterocycles. The Morgan fingerprint density at radius 3 is 2.91 bits per heavy atom. The van der Waals surface area contributed by atoms with Crippen LogP contribution in [-0.4, -0.2) is 46.1 Å². The van der Waals surface area contributed by atoms with E-state index in [0.717, 1.165) is 61.8 Å². The lowest BCUT2D eigenvalue weighted by Crippen LogP contribution is -2.23. The molecule has 1 saturated heterocycles. The van der Waals surface area contributed by atoms with E-state index in [0.29, 0.717) is 11.8 Å². The molecule has 0 amide bonds. The highest BCUT2D eigenvalue weighted by molar-refractivity contribution is 5.87. The van der Waals surface area contributed by atoms with Crippen LogP contribution in [0, 0.1) is 5.92 Å². The van der Waals surface area contributed by atoms with Crippen molar-refractivity contribution in [3.63, 3.8) is 0 Å². The van der Waals surface area contributed by atoms with E-state index >= 15 is 0 Å². The van der Waals surface area contributed by atoms with Gasteiger partial charge in [0.15, 0.2) is 5.65 Å². The molecule has 1 aliphatic heterocycles. The largest absolute Gasteiger partial charge is 0.381 e. The normalized spacial score (nSPS) is 18.5. The van der Waals surface area contributed by atoms with Gasteiger partial charge in [-0.3, -0.25) is 4.68 Å². The van der Waals surface area contributed by atoms with Crippen molar-refractivity contribution in [2.45, 2.75) is 39.5 Å². The molecular formula is C17H27N5O. The predicted octanol–water partition coefficient (Wildman–Crippen LogP) is 2.74. The van der Waals surface area contributed by atoms with E-state index in [9.17, 15) is 0 Å². The number of rotatable bonds is 6. The van der Waals surface area contributed by atoms with Gasteiger partial charge in [0.1, 0.15) is 11.6 Å². The van der Waals surface area contributed by atoms with Gasteiger partial charge in [0.2, 0.25) is 0 Å². The molecule has 2 aromatic rings. The van der Waals surface area contributed by atoms with Gasteiger partial charge >= 0.3 is 0 Å². The lowest BCUT2D eigenvalue weighted by atomic mass is 10.1. The highest BCUT2D eigenvalue weighted by Gasteiger charge is 2.26. The van der Waals surface area contributed by atoms with Gasteiger partial charge in [0, 0.05) is 38.6 Å². The van der Waals surface area contributed by atoms with Crippen LogP contribution in [0.1, 0.15) is 45.4 Å². The molecule has 0 aliphatic carbocycles. The first-order valence-electron chi connectivity index (χ1n) is 8.62. The van der Waals surface area contributed by atoms with Crippen LogP contribution in [0.2, 0.25) is 0 Å². The van der Waals surface area contributed by atoms with Gasteiger partial charge in [-0.15, -0.1) is 0 Å². The fourth-order valence-electron chi connectivity index (χ4n) is 3.08. The Kier molecular flexibility index (Phi) is 4.80. The van der Waals surface area contributed by atoms with Crippen molar-refractivity contribution < 1.29 is 4.74 Å². The highest BCUT2D eigenvalue weighted by Crippen LogP contribution is 2.30. The molecule has 3 rings (SSSR count). The SMILES string of the molecule is CCCOCC1CCN(c2nc(C(C)C)nc3c2cnn3C)C1. The molecule has 6 nitrogen and oxygen atoms in total. The number of hydrogen-bond acceptors (Lipinski definition) is 5. The van der Waals surface area contributed by atoms with E-state index in [1.165, 1.54) is 0 Å². The minimum atomic E-state index is 0.305. The average molecular weight is 317 g/mol. The molecule has 126 valence electrons. The van der Waals surface area contributed by atoms with Crippen LogP contribution in [0.3, 0.4) is 0 Å². The van der Waals surface area contributed by atoms with Gasteiger partial charge in [-0.05, 0) is 12.8 Å². The molecule has 0 N–H and O–H groups in total. The molecule has 6 heteroatoms. The first kappa shape index (κ1) is 16.2. The Bertz CT molecular complexity index is 666. The maximum atomic E-state index is 5.73. The van der Waals surface area contributed by atoms with Crippen LogP contribution >= 0.6 is 0 Å². The molecule has 0 bridgehead atoms. The number of ether oxygens (including phenoxy) is 1. The van der Waals surface area contributed by atoms with Crippen molar-refractivity contribution in [1.29, 1.82) is 0 Å². The molecule has 3 heterocycles. The van der Waals surface area contributed by atoms with Crippen LogP contribution in [0.5, 0.6) is 0 Å². The highest BCUT2D eigenvalue weighted by atomic mass is 16.5.